The molecule has 8 nitrogen and oxygen atoms in total. The lowest BCUT2D eigenvalue weighted by molar-refractivity contribution is -0.161. The predicted octanol–water partition coefficient (Wildman–Crippen LogP) is 13.3. The number of allylic oxidation sites excluding steroid dienone is 10. The summed E-state index contributed by atoms with van der Waals surface area (Å²) >= 11 is 0. The minimum atomic E-state index is -4.76. The molecular formula is C45H79O8P. The van der Waals surface area contributed by atoms with E-state index in [1.165, 1.54) is 83.5 Å². The molecule has 0 heterocycles. The predicted molar refractivity (Wildman–Crippen MR) is 225 cm³/mol. The Hall–Kier alpha value is -2.25. The molecule has 0 unspecified atom stereocenters. The molecule has 1 atom stereocenters. The van der Waals surface area contributed by atoms with Crippen LogP contribution in [0.25, 0.3) is 0 Å². The Kier molecular flexibility index (Phi) is 38.7. The second kappa shape index (κ2) is 40.4. The first kappa shape index (κ1) is 51.8. The summed E-state index contributed by atoms with van der Waals surface area (Å²) in [7, 11) is -4.76. The first-order valence-corrected chi connectivity index (χ1v) is 23.1. The fourth-order valence-corrected chi connectivity index (χ4v) is 6.23. The molecule has 0 saturated carbocycles. The van der Waals surface area contributed by atoms with Crippen LogP contribution in [0.5, 0.6) is 0 Å². The lowest BCUT2D eigenvalue weighted by atomic mass is 10.0. The van der Waals surface area contributed by atoms with E-state index in [1.807, 2.05) is 0 Å². The summed E-state index contributed by atoms with van der Waals surface area (Å²) in [4.78, 5) is 42.9. The van der Waals surface area contributed by atoms with Crippen molar-refractivity contribution in [2.45, 2.75) is 200 Å². The highest BCUT2D eigenvalue weighted by atomic mass is 31.2. The zero-order chi connectivity index (χ0) is 39.6. The topological polar surface area (TPSA) is 119 Å². The van der Waals surface area contributed by atoms with Gasteiger partial charge in [-0.3, -0.25) is 14.1 Å². The zero-order valence-corrected chi connectivity index (χ0v) is 35.2. The maximum Gasteiger partial charge on any atom is 0.469 e. The van der Waals surface area contributed by atoms with Gasteiger partial charge in [-0.2, -0.15) is 0 Å². The largest absolute Gasteiger partial charge is 0.469 e. The van der Waals surface area contributed by atoms with E-state index in [2.05, 4.69) is 79.1 Å². The van der Waals surface area contributed by atoms with Crippen molar-refractivity contribution in [1.82, 2.24) is 0 Å². The average molecular weight is 779 g/mol. The Morgan fingerprint density at radius 2 is 0.889 bits per heavy atom. The quantitative estimate of drug-likeness (QED) is 0.0274. The van der Waals surface area contributed by atoms with Gasteiger partial charge in [-0.05, 0) is 57.8 Å². The number of hydrogen-bond donors (Lipinski definition) is 2. The number of phosphoric acid groups is 1. The highest BCUT2D eigenvalue weighted by Crippen LogP contribution is 2.36. The van der Waals surface area contributed by atoms with E-state index in [4.69, 9.17) is 19.3 Å². The number of unbranched alkanes of at least 4 members (excludes halogenated alkanes) is 19. The van der Waals surface area contributed by atoms with E-state index in [-0.39, 0.29) is 19.4 Å². The number of rotatable bonds is 39. The number of carbonyl (C=O) groups excluding carboxylic acids is 2. The molecule has 0 spiro atoms. The van der Waals surface area contributed by atoms with Gasteiger partial charge >= 0.3 is 19.8 Å². The molecule has 0 radical (unpaired) electrons. The fourth-order valence-electron chi connectivity index (χ4n) is 5.87. The van der Waals surface area contributed by atoms with Crippen molar-refractivity contribution in [3.05, 3.63) is 60.8 Å². The number of ether oxygens (including phenoxy) is 2. The first-order chi connectivity index (χ1) is 26.3. The molecule has 0 aromatic heterocycles. The van der Waals surface area contributed by atoms with Crippen LogP contribution in [0.2, 0.25) is 0 Å². The number of hydrogen-bond acceptors (Lipinski definition) is 6. The summed E-state index contributed by atoms with van der Waals surface area (Å²) in [5.41, 5.74) is 0. The highest BCUT2D eigenvalue weighted by molar-refractivity contribution is 7.46. The van der Waals surface area contributed by atoms with E-state index in [9.17, 15) is 14.2 Å². The first-order valence-electron chi connectivity index (χ1n) is 21.6. The van der Waals surface area contributed by atoms with Gasteiger partial charge in [-0.25, -0.2) is 4.57 Å². The molecule has 0 fully saturated rings. The molecular weight excluding hydrogens is 699 g/mol. The Morgan fingerprint density at radius 1 is 0.500 bits per heavy atom. The summed E-state index contributed by atoms with van der Waals surface area (Å²) in [5.74, 6) is -0.920. The molecule has 9 heteroatoms. The van der Waals surface area contributed by atoms with Crippen LogP contribution in [0.3, 0.4) is 0 Å². The second-order valence-electron chi connectivity index (χ2n) is 14.3. The van der Waals surface area contributed by atoms with E-state index in [1.54, 1.807) is 0 Å². The third kappa shape index (κ3) is 42.5. The summed E-state index contributed by atoms with van der Waals surface area (Å²) < 4.78 is 26.4. The number of esters is 2. The van der Waals surface area contributed by atoms with E-state index >= 15 is 0 Å². The average Bonchev–Trinajstić information content (AvgIpc) is 3.14. The molecule has 312 valence electrons. The minimum absolute atomic E-state index is 0.205. The van der Waals surface area contributed by atoms with Crippen molar-refractivity contribution < 1.29 is 37.9 Å². The van der Waals surface area contributed by atoms with Crippen molar-refractivity contribution in [2.24, 2.45) is 0 Å². The van der Waals surface area contributed by atoms with Crippen molar-refractivity contribution in [2.75, 3.05) is 13.2 Å². The van der Waals surface area contributed by atoms with Crippen LogP contribution in [0.15, 0.2) is 60.8 Å². The van der Waals surface area contributed by atoms with Gasteiger partial charge in [0.25, 0.3) is 0 Å². The van der Waals surface area contributed by atoms with Gasteiger partial charge in [0.05, 0.1) is 6.61 Å². The van der Waals surface area contributed by atoms with Gasteiger partial charge in [0, 0.05) is 12.8 Å². The van der Waals surface area contributed by atoms with E-state index in [0.29, 0.717) is 12.8 Å². The highest BCUT2D eigenvalue weighted by Gasteiger charge is 2.22. The van der Waals surface area contributed by atoms with Crippen LogP contribution >= 0.6 is 7.82 Å². The normalized spacial score (nSPS) is 13.0. The van der Waals surface area contributed by atoms with Crippen molar-refractivity contribution >= 4 is 19.8 Å². The van der Waals surface area contributed by atoms with E-state index < -0.39 is 32.5 Å². The fraction of sp³-hybridized carbons (Fsp3) is 0.733. The molecule has 0 aliphatic rings. The summed E-state index contributed by atoms with van der Waals surface area (Å²) in [6.45, 7) is 3.55. The molecule has 0 amide bonds. The van der Waals surface area contributed by atoms with Crippen LogP contribution in [0, 0.1) is 0 Å². The van der Waals surface area contributed by atoms with Crippen LogP contribution < -0.4 is 0 Å². The second-order valence-corrected chi connectivity index (χ2v) is 15.5. The molecule has 0 aromatic carbocycles. The Labute approximate surface area is 330 Å². The maximum atomic E-state index is 12.4. The van der Waals surface area contributed by atoms with Crippen molar-refractivity contribution in [3.8, 4) is 0 Å². The molecule has 0 aliphatic carbocycles. The SMILES string of the molecule is CC/C=C/C/C=C/C/C=C/C/C=C/C/C=C/CCCCCC(=O)OC[C@H](COP(=O)(O)O)OC(=O)CCCCCCCCCCCCCCCCCCC. The van der Waals surface area contributed by atoms with Gasteiger partial charge in [0.15, 0.2) is 6.10 Å². The van der Waals surface area contributed by atoms with Crippen LogP contribution in [0.1, 0.15) is 194 Å². The maximum absolute atomic E-state index is 12.4. The van der Waals surface area contributed by atoms with E-state index in [0.717, 1.165) is 70.6 Å². The number of carbonyl (C=O) groups is 2. The summed E-state index contributed by atoms with van der Waals surface area (Å²) in [6, 6.07) is 0. The molecule has 0 aliphatic heterocycles. The minimum Gasteiger partial charge on any atom is -0.462 e. The summed E-state index contributed by atoms with van der Waals surface area (Å²) in [6.07, 6.45) is 50.8. The lowest BCUT2D eigenvalue weighted by Crippen LogP contribution is -2.29. The lowest BCUT2D eigenvalue weighted by Gasteiger charge is -2.18. The molecule has 54 heavy (non-hydrogen) atoms. The smallest absolute Gasteiger partial charge is 0.462 e. The molecule has 0 saturated heterocycles. The van der Waals surface area contributed by atoms with Gasteiger partial charge in [-0.15, -0.1) is 0 Å². The van der Waals surface area contributed by atoms with Crippen molar-refractivity contribution in [1.29, 1.82) is 0 Å². The zero-order valence-electron chi connectivity index (χ0n) is 34.4. The Bertz CT molecular complexity index is 1060. The van der Waals surface area contributed by atoms with Crippen LogP contribution in [0.4, 0.5) is 0 Å². The Morgan fingerprint density at radius 3 is 1.33 bits per heavy atom. The molecule has 0 bridgehead atoms. The third-order valence-corrected chi connectivity index (χ3v) is 9.54. The van der Waals surface area contributed by atoms with Gasteiger partial charge < -0.3 is 19.3 Å². The number of phosphoric ester groups is 1. The standard InChI is InChI=1S/C45H79O8P/c1-3-5-7-9-11-13-15-17-19-21-22-24-25-27-29-31-33-35-37-39-44(46)51-41-43(42-52-54(48,49)50)53-45(47)40-38-36-34-32-30-28-26-23-20-18-16-14-12-10-8-6-4-2/h5,7,11,13,17,19,22,24,27,29,43H,3-4,6,8-10,12,14-16,18,20-21,23,25-26,28,30-42H2,1-2H3,(H2,48,49,50)/b7-5+,13-11+,19-17+,24-22+,29-27+/t43-/m1/s1. The van der Waals surface area contributed by atoms with Crippen LogP contribution in [-0.2, 0) is 28.2 Å². The summed E-state index contributed by atoms with van der Waals surface area (Å²) in [5, 5.41) is 0. The van der Waals surface area contributed by atoms with Gasteiger partial charge in [-0.1, -0.05) is 184 Å². The van der Waals surface area contributed by atoms with Gasteiger partial charge in [0.1, 0.15) is 6.61 Å². The monoisotopic (exact) mass is 779 g/mol. The molecule has 0 aromatic rings. The Balaban J connectivity index is 3.97. The molecule has 0 rings (SSSR count). The van der Waals surface area contributed by atoms with Gasteiger partial charge in [0.2, 0.25) is 0 Å². The van der Waals surface area contributed by atoms with Crippen molar-refractivity contribution in [3.63, 3.8) is 0 Å². The van der Waals surface area contributed by atoms with Crippen LogP contribution in [-0.4, -0.2) is 41.0 Å². The third-order valence-electron chi connectivity index (χ3n) is 9.05. The molecule has 2 N–H and O–H groups in total.